The first-order valence-corrected chi connectivity index (χ1v) is 3.47. The molecule has 10 heavy (non-hydrogen) atoms. The zero-order valence-electron chi connectivity index (χ0n) is 6.79. The fourth-order valence-corrected chi connectivity index (χ4v) is 0.661. The summed E-state index contributed by atoms with van der Waals surface area (Å²) >= 11 is 0. The molecular weight excluding hydrogens is 167 g/mol. The normalized spacial score (nSPS) is 9.80. The quantitative estimate of drug-likeness (QED) is 0.263. The summed E-state index contributed by atoms with van der Waals surface area (Å²) in [5, 5.41) is -1.33. The molecule has 0 saturated heterocycles. The minimum absolute atomic E-state index is 0. The summed E-state index contributed by atoms with van der Waals surface area (Å²) in [6, 6.07) is 0. The van der Waals surface area contributed by atoms with Crippen molar-refractivity contribution in [2.24, 2.45) is 0 Å². The van der Waals surface area contributed by atoms with Crippen LogP contribution in [0.5, 0.6) is 0 Å². The van der Waals surface area contributed by atoms with Crippen molar-refractivity contribution in [2.45, 2.75) is 6.92 Å². The van der Waals surface area contributed by atoms with Gasteiger partial charge in [0.1, 0.15) is 0 Å². The van der Waals surface area contributed by atoms with E-state index in [0.29, 0.717) is 0 Å². The van der Waals surface area contributed by atoms with E-state index in [2.05, 4.69) is 6.58 Å². The molecule has 0 aliphatic heterocycles. The van der Waals surface area contributed by atoms with Gasteiger partial charge in [0.2, 0.25) is 0 Å². The van der Waals surface area contributed by atoms with Gasteiger partial charge in [-0.2, -0.15) is 8.42 Å². The van der Waals surface area contributed by atoms with Gasteiger partial charge in [0.05, 0.1) is 0 Å². The Labute approximate surface area is 82.8 Å². The molecule has 54 valence electrons. The van der Waals surface area contributed by atoms with Crippen LogP contribution in [0.2, 0.25) is 0 Å². The van der Waals surface area contributed by atoms with Gasteiger partial charge < -0.3 is 1.43 Å². The molecule has 0 bridgehead atoms. The molecule has 4 nitrogen and oxygen atoms in total. The molecule has 0 radical (unpaired) electrons. The topological polar surface area (TPSA) is 71.4 Å². The van der Waals surface area contributed by atoms with Gasteiger partial charge in [0.25, 0.3) is 5.12 Å². The predicted octanol–water partition coefficient (Wildman–Crippen LogP) is -2.91. The van der Waals surface area contributed by atoms with E-state index in [1.807, 2.05) is 0 Å². The molecule has 0 saturated carbocycles. The van der Waals surface area contributed by atoms with Crippen LogP contribution in [0.15, 0.2) is 12.2 Å². The van der Waals surface area contributed by atoms with E-state index in [-0.39, 0.29) is 36.6 Å². The Balaban J connectivity index is -0.000000320. The van der Waals surface area contributed by atoms with E-state index < -0.39 is 15.2 Å². The molecule has 0 amide bonds. The van der Waals surface area contributed by atoms with Gasteiger partial charge in [0.15, 0.2) is 0 Å². The fraction of sp³-hybridized carbons (Fsp3) is 0.250. The van der Waals surface area contributed by atoms with Crippen LogP contribution in [0.4, 0.5) is 0 Å². The SMILES string of the molecule is C=C(C)C(=O)S(=O)(=O)O.[H-].[Na+]. The van der Waals surface area contributed by atoms with Crippen molar-refractivity contribution in [3.05, 3.63) is 12.2 Å². The smallest absolute Gasteiger partial charge is 1.00 e. The van der Waals surface area contributed by atoms with Crippen molar-refractivity contribution in [1.82, 2.24) is 0 Å². The summed E-state index contributed by atoms with van der Waals surface area (Å²) in [4.78, 5) is 10.2. The molecule has 0 fully saturated rings. The maximum absolute atomic E-state index is 10.2. The molecule has 0 aliphatic carbocycles. The second-order valence-corrected chi connectivity index (χ2v) is 2.86. The molecule has 0 unspecified atom stereocenters. The summed E-state index contributed by atoms with van der Waals surface area (Å²) in [6.45, 7) is 4.24. The van der Waals surface area contributed by atoms with Crippen LogP contribution >= 0.6 is 0 Å². The summed E-state index contributed by atoms with van der Waals surface area (Å²) in [7, 11) is -4.54. The van der Waals surface area contributed by atoms with Crippen LogP contribution in [0.1, 0.15) is 8.35 Å². The second kappa shape index (κ2) is 4.25. The van der Waals surface area contributed by atoms with Crippen LogP contribution in [-0.4, -0.2) is 18.1 Å². The van der Waals surface area contributed by atoms with Crippen molar-refractivity contribution in [2.75, 3.05) is 0 Å². The minimum atomic E-state index is -4.54. The minimum Gasteiger partial charge on any atom is -1.00 e. The molecule has 0 atom stereocenters. The predicted molar refractivity (Wildman–Crippen MR) is 32.5 cm³/mol. The third-order valence-corrected chi connectivity index (χ3v) is 1.40. The van der Waals surface area contributed by atoms with E-state index in [0.717, 1.165) is 0 Å². The Morgan fingerprint density at radius 2 is 1.90 bits per heavy atom. The van der Waals surface area contributed by atoms with E-state index in [9.17, 15) is 13.2 Å². The number of hydrogen-bond acceptors (Lipinski definition) is 3. The fourth-order valence-electron chi connectivity index (χ4n) is 0.220. The van der Waals surface area contributed by atoms with Crippen LogP contribution < -0.4 is 29.6 Å². The van der Waals surface area contributed by atoms with Gasteiger partial charge in [0, 0.05) is 5.57 Å². The molecule has 1 N–H and O–H groups in total. The molecule has 0 rings (SSSR count). The Morgan fingerprint density at radius 1 is 1.60 bits per heavy atom. The number of rotatable bonds is 1. The Bertz CT molecular complexity index is 245. The Kier molecular flexibility index (Phi) is 5.50. The van der Waals surface area contributed by atoms with E-state index in [4.69, 9.17) is 4.55 Å². The zero-order chi connectivity index (χ0) is 7.65. The summed E-state index contributed by atoms with van der Waals surface area (Å²) < 4.78 is 27.9. The molecule has 0 spiro atoms. The van der Waals surface area contributed by atoms with Crippen molar-refractivity contribution in [1.29, 1.82) is 0 Å². The van der Waals surface area contributed by atoms with Crippen molar-refractivity contribution in [3.63, 3.8) is 0 Å². The first-order chi connectivity index (χ1) is 3.85. The third-order valence-electron chi connectivity index (χ3n) is 0.583. The van der Waals surface area contributed by atoms with Gasteiger partial charge in [-0.3, -0.25) is 9.35 Å². The average Bonchev–Trinajstić information content (AvgIpc) is 1.62. The van der Waals surface area contributed by atoms with Crippen molar-refractivity contribution < 1.29 is 48.7 Å². The molecule has 0 aliphatic rings. The summed E-state index contributed by atoms with van der Waals surface area (Å²) in [5.41, 5.74) is -0.197. The van der Waals surface area contributed by atoms with Crippen molar-refractivity contribution in [3.8, 4) is 0 Å². The second-order valence-electron chi connectivity index (χ2n) is 1.54. The molecule has 0 aromatic carbocycles. The van der Waals surface area contributed by atoms with E-state index >= 15 is 0 Å². The van der Waals surface area contributed by atoms with Crippen LogP contribution in [0.3, 0.4) is 0 Å². The van der Waals surface area contributed by atoms with E-state index in [1.54, 1.807) is 0 Å². The van der Waals surface area contributed by atoms with E-state index in [1.165, 1.54) is 6.92 Å². The first kappa shape index (κ1) is 12.9. The van der Waals surface area contributed by atoms with Crippen LogP contribution in [0.25, 0.3) is 0 Å². The molecule has 6 heteroatoms. The van der Waals surface area contributed by atoms with Gasteiger partial charge in [-0.1, -0.05) is 6.58 Å². The first-order valence-electron chi connectivity index (χ1n) is 2.03. The molecular formula is C4H7NaO4S. The molecule has 0 aromatic heterocycles. The monoisotopic (exact) mass is 174 g/mol. The van der Waals surface area contributed by atoms with Gasteiger partial charge in [-0.05, 0) is 6.92 Å². The Morgan fingerprint density at radius 3 is 1.90 bits per heavy atom. The van der Waals surface area contributed by atoms with Gasteiger partial charge in [-0.25, -0.2) is 0 Å². The molecule has 0 heterocycles. The number of carbonyl (C=O) groups is 1. The zero-order valence-corrected chi connectivity index (χ0v) is 8.60. The summed E-state index contributed by atoms with van der Waals surface area (Å²) in [5.74, 6) is 0. The third kappa shape index (κ3) is 4.19. The summed E-state index contributed by atoms with van der Waals surface area (Å²) in [6.07, 6.45) is 0. The van der Waals surface area contributed by atoms with Gasteiger partial charge in [-0.15, -0.1) is 0 Å². The number of carbonyl (C=O) groups excluding carboxylic acids is 1. The van der Waals surface area contributed by atoms with Crippen LogP contribution in [0, 0.1) is 0 Å². The Hall–Kier alpha value is 0.320. The van der Waals surface area contributed by atoms with Crippen LogP contribution in [-0.2, 0) is 14.9 Å². The standard InChI is InChI=1S/C4H6O4S.Na.H/c1-3(2)4(5)9(6,7)8;;/h1H2,2H3,(H,6,7,8);;/q;+1;-1. The largest absolute Gasteiger partial charge is 1.00 e. The van der Waals surface area contributed by atoms with Gasteiger partial charge >= 0.3 is 39.7 Å². The van der Waals surface area contributed by atoms with Crippen molar-refractivity contribution >= 4 is 15.2 Å². The number of hydrogen-bond donors (Lipinski definition) is 1. The molecule has 0 aromatic rings. The maximum atomic E-state index is 10.2. The average molecular weight is 174 g/mol. The maximum Gasteiger partial charge on any atom is 1.00 e.